The van der Waals surface area contributed by atoms with E-state index < -0.39 is 5.82 Å². The Hall–Kier alpha value is -7.53. The average Bonchev–Trinajstić information content (AvgIpc) is 3.72. The van der Waals surface area contributed by atoms with Crippen LogP contribution in [0, 0.1) is 5.82 Å². The van der Waals surface area contributed by atoms with Crippen LogP contribution >= 0.6 is 0 Å². The highest BCUT2D eigenvalue weighted by Crippen LogP contribution is 2.41. The highest BCUT2D eigenvalue weighted by molar-refractivity contribution is 6.10. The zero-order valence-electron chi connectivity index (χ0n) is 27.7. The maximum atomic E-state index is 16.6. The summed E-state index contributed by atoms with van der Waals surface area (Å²) >= 11 is 0. The van der Waals surface area contributed by atoms with Gasteiger partial charge in [0.25, 0.3) is 0 Å². The van der Waals surface area contributed by atoms with Crippen molar-refractivity contribution in [2.45, 2.75) is 0 Å². The summed E-state index contributed by atoms with van der Waals surface area (Å²) in [5.74, 6) is 1.61. The van der Waals surface area contributed by atoms with Crippen molar-refractivity contribution in [3.63, 3.8) is 0 Å². The van der Waals surface area contributed by atoms with Gasteiger partial charge in [-0.2, -0.15) is 4.39 Å². The van der Waals surface area contributed by atoms with E-state index in [2.05, 4.69) is 51.6 Å². The molecule has 0 radical (unpaired) electrons. The molecule has 0 N–H and O–H groups in total. The number of hydrogen-bond donors (Lipinski definition) is 0. The van der Waals surface area contributed by atoms with Crippen LogP contribution in [0.15, 0.2) is 152 Å². The number of para-hydroxylation sites is 2. The molecule has 0 aliphatic rings. The summed E-state index contributed by atoms with van der Waals surface area (Å²) in [5.41, 5.74) is 4.09. The molecule has 0 saturated carbocycles. The average molecular weight is 693 g/mol. The Morgan fingerprint density at radius 1 is 0.472 bits per heavy atom. The van der Waals surface area contributed by atoms with E-state index in [1.807, 2.05) is 109 Å². The van der Waals surface area contributed by atoms with Gasteiger partial charge in [0.15, 0.2) is 17.8 Å². The predicted molar refractivity (Wildman–Crippen MR) is 200 cm³/mol. The quantitative estimate of drug-likeness (QED) is 0.163. The summed E-state index contributed by atoms with van der Waals surface area (Å²) in [6.45, 7) is 0. The minimum absolute atomic E-state index is 0.0894. The largest absolute Gasteiger partial charge is 0.454 e. The van der Waals surface area contributed by atoms with Crippen molar-refractivity contribution in [1.29, 1.82) is 0 Å². The van der Waals surface area contributed by atoms with Crippen LogP contribution in [-0.4, -0.2) is 39.5 Å². The van der Waals surface area contributed by atoms with E-state index in [1.165, 1.54) is 18.5 Å². The van der Waals surface area contributed by atoms with E-state index in [4.69, 9.17) is 9.47 Å². The lowest BCUT2D eigenvalue weighted by molar-refractivity contribution is 0.402. The molecule has 0 bridgehead atoms. The van der Waals surface area contributed by atoms with Crippen molar-refractivity contribution >= 4 is 43.6 Å². The first kappa shape index (κ1) is 30.3. The van der Waals surface area contributed by atoms with Crippen LogP contribution < -0.4 is 9.47 Å². The fourth-order valence-corrected chi connectivity index (χ4v) is 6.92. The number of halogens is 1. The van der Waals surface area contributed by atoms with Gasteiger partial charge >= 0.3 is 0 Å². The van der Waals surface area contributed by atoms with Gasteiger partial charge in [0.2, 0.25) is 11.6 Å². The zero-order valence-corrected chi connectivity index (χ0v) is 27.7. The second-order valence-corrected chi connectivity index (χ2v) is 12.3. The van der Waals surface area contributed by atoms with Gasteiger partial charge in [-0.15, -0.1) is 20.4 Å². The molecular weight excluding hydrogens is 668 g/mol. The first-order valence-corrected chi connectivity index (χ1v) is 16.8. The van der Waals surface area contributed by atoms with Gasteiger partial charge in [0, 0.05) is 51.6 Å². The topological polar surface area (TPSA) is 106 Å². The summed E-state index contributed by atoms with van der Waals surface area (Å²) < 4.78 is 33.4. The molecule has 0 amide bonds. The van der Waals surface area contributed by atoms with Crippen molar-refractivity contribution in [2.24, 2.45) is 0 Å². The van der Waals surface area contributed by atoms with Crippen LogP contribution in [0.3, 0.4) is 0 Å². The summed E-state index contributed by atoms with van der Waals surface area (Å²) in [6.07, 6.45) is 4.74. The van der Waals surface area contributed by atoms with Crippen molar-refractivity contribution in [2.75, 3.05) is 0 Å². The smallest absolute Gasteiger partial charge is 0.208 e. The third kappa shape index (κ3) is 5.18. The molecule has 0 unspecified atom stereocenters. The van der Waals surface area contributed by atoms with Crippen molar-refractivity contribution in [3.8, 4) is 46.0 Å². The van der Waals surface area contributed by atoms with Crippen LogP contribution in [0.1, 0.15) is 0 Å². The van der Waals surface area contributed by atoms with Crippen LogP contribution in [0.5, 0.6) is 23.0 Å². The molecule has 10 rings (SSSR count). The highest BCUT2D eigenvalue weighted by atomic mass is 19.1. The molecule has 0 spiro atoms. The Labute approximate surface area is 300 Å². The summed E-state index contributed by atoms with van der Waals surface area (Å²) in [6, 6.07) is 42.1. The Bertz CT molecular complexity index is 2790. The van der Waals surface area contributed by atoms with E-state index in [0.717, 1.165) is 55.2 Å². The number of hydrogen-bond acceptors (Lipinski definition) is 8. The Balaban J connectivity index is 1.09. The summed E-state index contributed by atoms with van der Waals surface area (Å²) in [7, 11) is 0. The number of aromatic nitrogens is 8. The first-order chi connectivity index (χ1) is 26.2. The molecule has 0 aliphatic carbocycles. The van der Waals surface area contributed by atoms with E-state index in [9.17, 15) is 0 Å². The van der Waals surface area contributed by atoms with Crippen LogP contribution in [-0.2, 0) is 0 Å². The van der Waals surface area contributed by atoms with E-state index in [-0.39, 0.29) is 17.3 Å². The second kappa shape index (κ2) is 12.4. The minimum Gasteiger partial charge on any atom is -0.454 e. The molecule has 0 fully saturated rings. The van der Waals surface area contributed by atoms with Crippen LogP contribution in [0.2, 0.25) is 0 Å². The summed E-state index contributed by atoms with van der Waals surface area (Å²) in [5, 5.41) is 20.1. The first-order valence-electron chi connectivity index (χ1n) is 16.8. The number of fused-ring (bicyclic) bond motifs is 6. The maximum Gasteiger partial charge on any atom is 0.208 e. The molecule has 0 saturated heterocycles. The second-order valence-electron chi connectivity index (χ2n) is 12.3. The fourth-order valence-electron chi connectivity index (χ4n) is 6.92. The van der Waals surface area contributed by atoms with Crippen LogP contribution in [0.25, 0.3) is 66.6 Å². The van der Waals surface area contributed by atoms with Crippen molar-refractivity contribution in [3.05, 3.63) is 158 Å². The molecule has 0 aliphatic heterocycles. The number of nitrogens with zero attached hydrogens (tertiary/aromatic N) is 8. The molecule has 10 nitrogen and oxygen atoms in total. The Morgan fingerprint density at radius 3 is 1.43 bits per heavy atom. The van der Waals surface area contributed by atoms with Gasteiger partial charge in [-0.25, -0.2) is 9.97 Å². The maximum absolute atomic E-state index is 16.6. The van der Waals surface area contributed by atoms with Gasteiger partial charge in [0.1, 0.15) is 23.1 Å². The molecule has 5 aromatic carbocycles. The zero-order chi connectivity index (χ0) is 35.3. The standard InChI is InChI=1S/C42H25FN8O2/c43-41-37(52-27-15-17-31-29-9-1-3-11-33(29)50(35(31)23-27)39-13-5-7-19-44-39)21-26(42-48-46-25-47-49-42)22-38(41)53-28-16-18-32-30-10-2-4-12-34(30)51(36(32)24-28)40-14-6-8-20-45-40/h1-25H. The van der Waals surface area contributed by atoms with E-state index in [0.29, 0.717) is 17.1 Å². The van der Waals surface area contributed by atoms with Gasteiger partial charge in [0.05, 0.1) is 22.1 Å². The normalized spacial score (nSPS) is 11.5. The van der Waals surface area contributed by atoms with Gasteiger partial charge < -0.3 is 9.47 Å². The lowest BCUT2D eigenvalue weighted by Crippen LogP contribution is -1.99. The highest BCUT2D eigenvalue weighted by Gasteiger charge is 2.21. The molecule has 53 heavy (non-hydrogen) atoms. The van der Waals surface area contributed by atoms with E-state index in [1.54, 1.807) is 12.4 Å². The van der Waals surface area contributed by atoms with Crippen LogP contribution in [0.4, 0.5) is 4.39 Å². The van der Waals surface area contributed by atoms with E-state index >= 15 is 4.39 Å². The Kier molecular flexibility index (Phi) is 7.07. The molecule has 0 atom stereocenters. The molecule has 11 heteroatoms. The lowest BCUT2D eigenvalue weighted by atomic mass is 10.1. The molecular formula is C42H25FN8O2. The number of benzene rings is 5. The predicted octanol–water partition coefficient (Wildman–Crippen LogP) is 9.64. The van der Waals surface area contributed by atoms with Gasteiger partial charge in [-0.3, -0.25) is 9.13 Å². The number of ether oxygens (including phenoxy) is 2. The van der Waals surface area contributed by atoms with Gasteiger partial charge in [-0.1, -0.05) is 48.5 Å². The molecule has 5 heterocycles. The third-order valence-electron chi connectivity index (χ3n) is 9.18. The third-order valence-corrected chi connectivity index (χ3v) is 9.18. The molecule has 10 aromatic rings. The number of pyridine rings is 2. The van der Waals surface area contributed by atoms with Crippen molar-refractivity contribution < 1.29 is 13.9 Å². The fraction of sp³-hybridized carbons (Fsp3) is 0. The number of rotatable bonds is 7. The lowest BCUT2D eigenvalue weighted by Gasteiger charge is -2.14. The van der Waals surface area contributed by atoms with Gasteiger partial charge in [-0.05, 0) is 72.8 Å². The summed E-state index contributed by atoms with van der Waals surface area (Å²) in [4.78, 5) is 9.23. The van der Waals surface area contributed by atoms with Crippen molar-refractivity contribution in [1.82, 2.24) is 39.5 Å². The monoisotopic (exact) mass is 692 g/mol. The minimum atomic E-state index is -0.707. The molecule has 5 aromatic heterocycles. The SMILES string of the molecule is Fc1c(Oc2ccc3c4ccccc4n(-c4ccccn4)c3c2)cc(-c2nncnn2)cc1Oc1ccc2c3ccccc3n(-c3ccccn3)c2c1. The Morgan fingerprint density at radius 2 is 0.943 bits per heavy atom. The molecule has 252 valence electrons.